The molecule has 0 spiro atoms. The van der Waals surface area contributed by atoms with Gasteiger partial charge in [0, 0.05) is 20.1 Å². The Labute approximate surface area is 118 Å². The van der Waals surface area contributed by atoms with Crippen molar-refractivity contribution in [3.8, 4) is 6.01 Å². The fourth-order valence-electron chi connectivity index (χ4n) is 1.87. The van der Waals surface area contributed by atoms with Gasteiger partial charge in [0.1, 0.15) is 0 Å². The molecule has 0 radical (unpaired) electrons. The molecule has 0 aliphatic carbocycles. The lowest BCUT2D eigenvalue weighted by molar-refractivity contribution is 0.00309. The Kier molecular flexibility index (Phi) is 4.91. The van der Waals surface area contributed by atoms with Crippen LogP contribution in [0.15, 0.2) is 0 Å². The van der Waals surface area contributed by atoms with E-state index in [4.69, 9.17) is 9.47 Å². The maximum atomic E-state index is 9.19. The highest BCUT2D eigenvalue weighted by molar-refractivity contribution is 5.38. The van der Waals surface area contributed by atoms with Crippen molar-refractivity contribution in [1.82, 2.24) is 15.0 Å². The third-order valence-corrected chi connectivity index (χ3v) is 2.79. The first-order chi connectivity index (χ1) is 9.62. The van der Waals surface area contributed by atoms with Gasteiger partial charge < -0.3 is 24.8 Å². The number of hydrogen-bond acceptors (Lipinski definition) is 8. The van der Waals surface area contributed by atoms with Crippen molar-refractivity contribution in [2.75, 3.05) is 43.6 Å². The summed E-state index contributed by atoms with van der Waals surface area (Å²) in [6, 6.07) is 0.293. The highest BCUT2D eigenvalue weighted by Gasteiger charge is 2.23. The maximum Gasteiger partial charge on any atom is 0.323 e. The molecule has 0 saturated carbocycles. The molecular formula is C12H21N5O3. The first-order valence-corrected chi connectivity index (χ1v) is 6.70. The summed E-state index contributed by atoms with van der Waals surface area (Å²) in [6.07, 6.45) is -0.224. The van der Waals surface area contributed by atoms with E-state index >= 15 is 0 Å². The summed E-state index contributed by atoms with van der Waals surface area (Å²) in [6.45, 7) is 5.57. The Bertz CT molecular complexity index is 443. The molecule has 1 atom stereocenters. The monoisotopic (exact) mass is 283 g/mol. The minimum Gasteiger partial charge on any atom is -0.461 e. The molecule has 8 nitrogen and oxygen atoms in total. The van der Waals surface area contributed by atoms with Crippen LogP contribution in [0.2, 0.25) is 0 Å². The van der Waals surface area contributed by atoms with E-state index in [1.165, 1.54) is 0 Å². The highest BCUT2D eigenvalue weighted by atomic mass is 16.5. The van der Waals surface area contributed by atoms with Crippen LogP contribution in [0.5, 0.6) is 6.01 Å². The minimum atomic E-state index is -0.215. The molecule has 2 rings (SSSR count). The van der Waals surface area contributed by atoms with Crippen molar-refractivity contribution >= 4 is 11.9 Å². The van der Waals surface area contributed by atoms with Gasteiger partial charge in [0.25, 0.3) is 0 Å². The summed E-state index contributed by atoms with van der Waals surface area (Å²) >= 11 is 0. The van der Waals surface area contributed by atoms with Gasteiger partial charge in [0.05, 0.1) is 25.4 Å². The Balaban J connectivity index is 2.20. The van der Waals surface area contributed by atoms with Crippen LogP contribution < -0.4 is 15.0 Å². The van der Waals surface area contributed by atoms with Crippen molar-refractivity contribution in [3.63, 3.8) is 0 Å². The molecule has 1 saturated heterocycles. The zero-order valence-electron chi connectivity index (χ0n) is 12.0. The molecule has 2 N–H and O–H groups in total. The van der Waals surface area contributed by atoms with Crippen LogP contribution in [0.3, 0.4) is 0 Å². The van der Waals surface area contributed by atoms with E-state index in [0.29, 0.717) is 37.6 Å². The molecule has 20 heavy (non-hydrogen) atoms. The lowest BCUT2D eigenvalue weighted by Gasteiger charge is -2.32. The van der Waals surface area contributed by atoms with Crippen LogP contribution in [0.4, 0.5) is 11.9 Å². The zero-order valence-corrected chi connectivity index (χ0v) is 12.0. The Morgan fingerprint density at radius 1 is 1.45 bits per heavy atom. The van der Waals surface area contributed by atoms with Crippen LogP contribution in [0, 0.1) is 0 Å². The van der Waals surface area contributed by atoms with Crippen molar-refractivity contribution in [3.05, 3.63) is 0 Å². The number of nitrogens with one attached hydrogen (secondary N) is 1. The fourth-order valence-corrected chi connectivity index (χ4v) is 1.87. The number of hydrogen-bond donors (Lipinski definition) is 2. The second-order valence-corrected chi connectivity index (χ2v) is 4.78. The third-order valence-electron chi connectivity index (χ3n) is 2.79. The predicted molar refractivity (Wildman–Crippen MR) is 74.2 cm³/mol. The molecule has 1 aliphatic rings. The van der Waals surface area contributed by atoms with E-state index in [-0.39, 0.29) is 18.8 Å². The molecular weight excluding hydrogens is 262 g/mol. The fraction of sp³-hybridized carbons (Fsp3) is 0.750. The van der Waals surface area contributed by atoms with Crippen LogP contribution >= 0.6 is 0 Å². The number of ether oxygens (including phenoxy) is 2. The van der Waals surface area contributed by atoms with Gasteiger partial charge in [-0.05, 0) is 13.8 Å². The number of morpholine rings is 1. The van der Waals surface area contributed by atoms with Gasteiger partial charge in [-0.2, -0.15) is 15.0 Å². The summed E-state index contributed by atoms with van der Waals surface area (Å²) in [7, 11) is 1.74. The normalized spacial score (nSPS) is 19.2. The largest absolute Gasteiger partial charge is 0.461 e. The summed E-state index contributed by atoms with van der Waals surface area (Å²) < 4.78 is 11.0. The van der Waals surface area contributed by atoms with Gasteiger partial charge in [-0.1, -0.05) is 0 Å². The summed E-state index contributed by atoms with van der Waals surface area (Å²) in [5.41, 5.74) is 0. The van der Waals surface area contributed by atoms with Gasteiger partial charge in [0.15, 0.2) is 0 Å². The number of aromatic nitrogens is 3. The summed E-state index contributed by atoms with van der Waals surface area (Å²) in [4.78, 5) is 14.8. The van der Waals surface area contributed by atoms with Gasteiger partial charge in [-0.25, -0.2) is 0 Å². The lowest BCUT2D eigenvalue weighted by atomic mass is 10.3. The number of nitrogens with zero attached hydrogens (tertiary/aromatic N) is 4. The average molecular weight is 283 g/mol. The molecule has 1 aromatic rings. The van der Waals surface area contributed by atoms with Crippen molar-refractivity contribution < 1.29 is 14.6 Å². The van der Waals surface area contributed by atoms with Gasteiger partial charge >= 0.3 is 6.01 Å². The van der Waals surface area contributed by atoms with Crippen molar-refractivity contribution in [2.45, 2.75) is 26.1 Å². The molecule has 2 heterocycles. The number of rotatable bonds is 5. The van der Waals surface area contributed by atoms with Crippen LogP contribution in [-0.2, 0) is 4.74 Å². The molecule has 8 heteroatoms. The molecule has 0 aromatic carbocycles. The average Bonchev–Trinajstić information content (AvgIpc) is 2.46. The Morgan fingerprint density at radius 2 is 2.25 bits per heavy atom. The van der Waals surface area contributed by atoms with Crippen LogP contribution in [0.1, 0.15) is 13.8 Å². The molecule has 1 aromatic heterocycles. The number of aliphatic hydroxyl groups is 1. The van der Waals surface area contributed by atoms with E-state index in [1.807, 2.05) is 18.7 Å². The smallest absolute Gasteiger partial charge is 0.323 e. The van der Waals surface area contributed by atoms with Gasteiger partial charge in [-0.15, -0.1) is 0 Å². The lowest BCUT2D eigenvalue weighted by Crippen LogP contribution is -2.45. The minimum absolute atomic E-state index is 0.00941. The van der Waals surface area contributed by atoms with Crippen molar-refractivity contribution in [1.29, 1.82) is 0 Å². The first-order valence-electron chi connectivity index (χ1n) is 6.70. The van der Waals surface area contributed by atoms with E-state index in [2.05, 4.69) is 20.3 Å². The molecule has 0 amide bonds. The van der Waals surface area contributed by atoms with Gasteiger partial charge in [0.2, 0.25) is 11.9 Å². The maximum absolute atomic E-state index is 9.19. The first kappa shape index (κ1) is 14.7. The van der Waals surface area contributed by atoms with E-state index in [9.17, 15) is 5.11 Å². The summed E-state index contributed by atoms with van der Waals surface area (Å²) in [5.74, 6) is 0.986. The molecule has 1 fully saturated rings. The van der Waals surface area contributed by atoms with Crippen molar-refractivity contribution in [2.24, 2.45) is 0 Å². The Morgan fingerprint density at radius 3 is 2.90 bits per heavy atom. The SMILES string of the molecule is CNc1nc(OC(C)C)nc(N2CCOC(CO)C2)n1. The quantitative estimate of drug-likeness (QED) is 0.774. The van der Waals surface area contributed by atoms with E-state index in [0.717, 1.165) is 0 Å². The third kappa shape index (κ3) is 3.67. The predicted octanol–water partition coefficient (Wildman–Crippen LogP) is -0.102. The Hall–Kier alpha value is -1.67. The number of anilines is 2. The van der Waals surface area contributed by atoms with Gasteiger partial charge in [-0.3, -0.25) is 0 Å². The number of aliphatic hydroxyl groups excluding tert-OH is 1. The second kappa shape index (κ2) is 6.67. The molecule has 1 aliphatic heterocycles. The summed E-state index contributed by atoms with van der Waals surface area (Å²) in [5, 5.41) is 12.1. The highest BCUT2D eigenvalue weighted by Crippen LogP contribution is 2.18. The molecule has 0 bridgehead atoms. The second-order valence-electron chi connectivity index (χ2n) is 4.78. The molecule has 1 unspecified atom stereocenters. The van der Waals surface area contributed by atoms with E-state index < -0.39 is 0 Å². The topological polar surface area (TPSA) is 92.6 Å². The van der Waals surface area contributed by atoms with E-state index in [1.54, 1.807) is 7.05 Å². The standard InChI is InChI=1S/C12H21N5O3/c1-8(2)20-12-15-10(13-3)14-11(16-12)17-4-5-19-9(6-17)7-18/h8-9,18H,4-7H2,1-3H3,(H,13,14,15,16). The zero-order chi connectivity index (χ0) is 14.5. The van der Waals surface area contributed by atoms with Crippen LogP contribution in [0.25, 0.3) is 0 Å². The molecule has 112 valence electrons. The van der Waals surface area contributed by atoms with Crippen LogP contribution in [-0.4, -0.2) is 65.6 Å².